The van der Waals surface area contributed by atoms with E-state index in [1.54, 1.807) is 0 Å². The molecule has 0 aliphatic heterocycles. The maximum absolute atomic E-state index is 12.3. The lowest BCUT2D eigenvalue weighted by atomic mass is 10.0. The first-order valence-corrected chi connectivity index (χ1v) is 9.01. The molecule has 1 atom stereocenters. The van der Waals surface area contributed by atoms with E-state index in [2.05, 4.69) is 10.3 Å². The minimum atomic E-state index is -0.317. The van der Waals surface area contributed by atoms with Gasteiger partial charge >= 0.3 is 0 Å². The van der Waals surface area contributed by atoms with Crippen molar-refractivity contribution in [2.75, 3.05) is 11.1 Å². The van der Waals surface area contributed by atoms with Crippen molar-refractivity contribution >= 4 is 17.3 Å². The SMILES string of the molecule is CCC(N)c1nc(C(=O)Nc2ccc(CCc3ccc(N)cc3)cc2)co1. The highest BCUT2D eigenvalue weighted by Gasteiger charge is 2.16. The number of nitrogen functional groups attached to an aromatic ring is 1. The van der Waals surface area contributed by atoms with E-state index in [0.717, 1.165) is 18.5 Å². The van der Waals surface area contributed by atoms with Gasteiger partial charge in [-0.1, -0.05) is 31.2 Å². The number of amides is 1. The maximum atomic E-state index is 12.3. The molecule has 0 bridgehead atoms. The topological polar surface area (TPSA) is 107 Å². The standard InChI is InChI=1S/C21H24N4O2/c1-2-18(23)21-25-19(13-27-21)20(26)24-17-11-7-15(8-12-17)4-3-14-5-9-16(22)10-6-14/h5-13,18H,2-4,22-23H2,1H3,(H,24,26). The summed E-state index contributed by atoms with van der Waals surface area (Å²) >= 11 is 0. The minimum absolute atomic E-state index is 0.223. The Morgan fingerprint density at radius 2 is 1.67 bits per heavy atom. The summed E-state index contributed by atoms with van der Waals surface area (Å²) in [6.45, 7) is 1.93. The number of oxazole rings is 1. The summed E-state index contributed by atoms with van der Waals surface area (Å²) < 4.78 is 5.27. The number of nitrogens with zero attached hydrogens (tertiary/aromatic N) is 1. The van der Waals surface area contributed by atoms with Crippen molar-refractivity contribution in [2.45, 2.75) is 32.2 Å². The second kappa shape index (κ2) is 8.51. The monoisotopic (exact) mass is 364 g/mol. The molecule has 1 heterocycles. The molecule has 3 rings (SSSR count). The molecule has 27 heavy (non-hydrogen) atoms. The van der Waals surface area contributed by atoms with Crippen LogP contribution in [0.4, 0.5) is 11.4 Å². The highest BCUT2D eigenvalue weighted by atomic mass is 16.3. The molecule has 0 radical (unpaired) electrons. The van der Waals surface area contributed by atoms with Gasteiger partial charge in [0.15, 0.2) is 5.69 Å². The van der Waals surface area contributed by atoms with Crippen LogP contribution < -0.4 is 16.8 Å². The van der Waals surface area contributed by atoms with E-state index >= 15 is 0 Å². The van der Waals surface area contributed by atoms with Crippen LogP contribution in [0.15, 0.2) is 59.2 Å². The summed E-state index contributed by atoms with van der Waals surface area (Å²) in [5.41, 5.74) is 15.7. The number of hydrogen-bond donors (Lipinski definition) is 3. The number of benzene rings is 2. The first-order chi connectivity index (χ1) is 13.0. The predicted molar refractivity (Wildman–Crippen MR) is 106 cm³/mol. The molecule has 0 saturated heterocycles. The van der Waals surface area contributed by atoms with Crippen LogP contribution in [0.2, 0.25) is 0 Å². The van der Waals surface area contributed by atoms with Gasteiger partial charge in [0.25, 0.3) is 5.91 Å². The summed E-state index contributed by atoms with van der Waals surface area (Å²) in [5, 5.41) is 2.82. The number of aromatic nitrogens is 1. The summed E-state index contributed by atoms with van der Waals surface area (Å²) in [6.07, 6.45) is 3.88. The number of nitrogens with one attached hydrogen (secondary N) is 1. The van der Waals surface area contributed by atoms with E-state index in [-0.39, 0.29) is 17.6 Å². The van der Waals surface area contributed by atoms with Crippen LogP contribution in [-0.4, -0.2) is 10.9 Å². The number of anilines is 2. The molecule has 1 amide bonds. The zero-order valence-corrected chi connectivity index (χ0v) is 15.3. The van der Waals surface area contributed by atoms with Gasteiger partial charge in [0.2, 0.25) is 5.89 Å². The first-order valence-electron chi connectivity index (χ1n) is 9.01. The number of hydrogen-bond acceptors (Lipinski definition) is 5. The molecule has 0 aliphatic rings. The van der Waals surface area contributed by atoms with E-state index in [1.807, 2.05) is 55.5 Å². The average molecular weight is 364 g/mol. The third-order valence-corrected chi connectivity index (χ3v) is 4.41. The smallest absolute Gasteiger partial charge is 0.277 e. The van der Waals surface area contributed by atoms with Gasteiger partial charge in [0.05, 0.1) is 6.04 Å². The van der Waals surface area contributed by atoms with Gasteiger partial charge in [-0.2, -0.15) is 0 Å². The molecule has 6 nitrogen and oxygen atoms in total. The van der Waals surface area contributed by atoms with E-state index in [9.17, 15) is 4.79 Å². The van der Waals surface area contributed by atoms with Crippen molar-refractivity contribution < 1.29 is 9.21 Å². The normalized spacial score (nSPS) is 11.9. The minimum Gasteiger partial charge on any atom is -0.446 e. The number of aryl methyl sites for hydroxylation is 2. The zero-order valence-electron chi connectivity index (χ0n) is 15.3. The molecule has 0 spiro atoms. The molecule has 5 N–H and O–H groups in total. The molecule has 0 aliphatic carbocycles. The Balaban J connectivity index is 1.56. The quantitative estimate of drug-likeness (QED) is 0.554. The van der Waals surface area contributed by atoms with Crippen LogP contribution >= 0.6 is 0 Å². The Morgan fingerprint density at radius 3 is 2.26 bits per heavy atom. The molecule has 6 heteroatoms. The number of nitrogens with two attached hydrogens (primary N) is 2. The number of carbonyl (C=O) groups is 1. The predicted octanol–water partition coefficient (Wildman–Crippen LogP) is 3.70. The Labute approximate surface area is 158 Å². The van der Waals surface area contributed by atoms with Crippen molar-refractivity contribution in [3.05, 3.63) is 77.5 Å². The van der Waals surface area contributed by atoms with Crippen LogP contribution in [0, 0.1) is 0 Å². The molecule has 140 valence electrons. The van der Waals surface area contributed by atoms with E-state index in [4.69, 9.17) is 15.9 Å². The molecule has 1 unspecified atom stereocenters. The number of rotatable bonds is 7. The molecular weight excluding hydrogens is 340 g/mol. The van der Waals surface area contributed by atoms with Gasteiger partial charge in [-0.3, -0.25) is 4.79 Å². The van der Waals surface area contributed by atoms with E-state index < -0.39 is 0 Å². The van der Waals surface area contributed by atoms with Crippen LogP contribution in [-0.2, 0) is 12.8 Å². The highest BCUT2D eigenvalue weighted by molar-refractivity contribution is 6.02. The summed E-state index contributed by atoms with van der Waals surface area (Å²) in [7, 11) is 0. The maximum Gasteiger partial charge on any atom is 0.277 e. The summed E-state index contributed by atoms with van der Waals surface area (Å²) in [6, 6.07) is 15.4. The van der Waals surface area contributed by atoms with Crippen molar-refractivity contribution in [3.8, 4) is 0 Å². The lowest BCUT2D eigenvalue weighted by Gasteiger charge is -2.06. The summed E-state index contributed by atoms with van der Waals surface area (Å²) in [4.78, 5) is 16.4. The zero-order chi connectivity index (χ0) is 19.2. The molecule has 0 fully saturated rings. The molecule has 3 aromatic rings. The first kappa shape index (κ1) is 18.7. The van der Waals surface area contributed by atoms with Crippen LogP contribution in [0.5, 0.6) is 0 Å². The Kier molecular flexibility index (Phi) is 5.88. The van der Waals surface area contributed by atoms with E-state index in [0.29, 0.717) is 18.0 Å². The van der Waals surface area contributed by atoms with Crippen molar-refractivity contribution in [1.29, 1.82) is 0 Å². The molecule has 2 aromatic carbocycles. The number of carbonyl (C=O) groups excluding carboxylic acids is 1. The third kappa shape index (κ3) is 4.95. The molecule has 1 aromatic heterocycles. The second-order valence-corrected chi connectivity index (χ2v) is 6.48. The lowest BCUT2D eigenvalue weighted by molar-refractivity contribution is 0.102. The Hall–Kier alpha value is -3.12. The Morgan fingerprint density at radius 1 is 1.07 bits per heavy atom. The van der Waals surface area contributed by atoms with Crippen molar-refractivity contribution in [3.63, 3.8) is 0 Å². The summed E-state index contributed by atoms with van der Waals surface area (Å²) in [5.74, 6) is 0.0589. The van der Waals surface area contributed by atoms with Crippen LogP contribution in [0.25, 0.3) is 0 Å². The molecular formula is C21H24N4O2. The van der Waals surface area contributed by atoms with Gasteiger partial charge in [-0.25, -0.2) is 4.98 Å². The van der Waals surface area contributed by atoms with E-state index in [1.165, 1.54) is 17.4 Å². The van der Waals surface area contributed by atoms with Crippen molar-refractivity contribution in [1.82, 2.24) is 4.98 Å². The van der Waals surface area contributed by atoms with Crippen LogP contribution in [0.1, 0.15) is 46.9 Å². The molecule has 0 saturated carbocycles. The van der Waals surface area contributed by atoms with Gasteiger partial charge in [0.1, 0.15) is 6.26 Å². The third-order valence-electron chi connectivity index (χ3n) is 4.41. The van der Waals surface area contributed by atoms with Crippen LogP contribution in [0.3, 0.4) is 0 Å². The largest absolute Gasteiger partial charge is 0.446 e. The van der Waals surface area contributed by atoms with Gasteiger partial charge in [0, 0.05) is 11.4 Å². The van der Waals surface area contributed by atoms with Gasteiger partial charge in [-0.15, -0.1) is 0 Å². The van der Waals surface area contributed by atoms with Crippen molar-refractivity contribution in [2.24, 2.45) is 5.73 Å². The second-order valence-electron chi connectivity index (χ2n) is 6.48. The van der Waals surface area contributed by atoms with Gasteiger partial charge in [-0.05, 0) is 54.7 Å². The fraction of sp³-hybridized carbons (Fsp3) is 0.238. The highest BCUT2D eigenvalue weighted by Crippen LogP contribution is 2.16. The fourth-order valence-corrected chi connectivity index (χ4v) is 2.66. The fourth-order valence-electron chi connectivity index (χ4n) is 2.66. The lowest BCUT2D eigenvalue weighted by Crippen LogP contribution is -2.14. The van der Waals surface area contributed by atoms with Gasteiger partial charge < -0.3 is 21.2 Å². The Bertz CT molecular complexity index is 885. The average Bonchev–Trinajstić information content (AvgIpc) is 3.18.